The summed E-state index contributed by atoms with van der Waals surface area (Å²) in [6, 6.07) is 13.5. The van der Waals surface area contributed by atoms with Crippen molar-refractivity contribution in [3.05, 3.63) is 59.2 Å². The van der Waals surface area contributed by atoms with Gasteiger partial charge in [-0.05, 0) is 56.2 Å². The molecule has 2 aromatic rings. The predicted octanol–water partition coefficient (Wildman–Crippen LogP) is 3.86. The first kappa shape index (κ1) is 18.0. The number of hydrogen-bond acceptors (Lipinski definition) is 3. The van der Waals surface area contributed by atoms with Crippen LogP contribution in [0, 0.1) is 13.8 Å². The van der Waals surface area contributed by atoms with E-state index in [1.165, 1.54) is 23.7 Å². The van der Waals surface area contributed by atoms with Crippen LogP contribution < -0.4 is 10.2 Å². The second-order valence-electron chi connectivity index (χ2n) is 6.89. The summed E-state index contributed by atoms with van der Waals surface area (Å²) in [5, 5.41) is 2.90. The van der Waals surface area contributed by atoms with Crippen molar-refractivity contribution < 1.29 is 9.59 Å². The lowest BCUT2D eigenvalue weighted by Gasteiger charge is -2.36. The first-order chi connectivity index (χ1) is 12.4. The molecule has 1 N–H and O–H groups in total. The summed E-state index contributed by atoms with van der Waals surface area (Å²) in [6.07, 6.45) is 0. The Balaban J connectivity index is 1.60. The van der Waals surface area contributed by atoms with Crippen LogP contribution in [-0.4, -0.2) is 42.9 Å². The van der Waals surface area contributed by atoms with E-state index >= 15 is 0 Å². The molecule has 0 aromatic heterocycles. The number of hydrogen-bond donors (Lipinski definition) is 1. The Labute approximate surface area is 154 Å². The fraction of sp³-hybridized carbons (Fsp3) is 0.333. The molecule has 1 saturated heterocycles. The number of nitrogens with one attached hydrogen (secondary N) is 1. The molecule has 0 spiro atoms. The number of benzene rings is 2. The van der Waals surface area contributed by atoms with Crippen LogP contribution in [0.1, 0.15) is 28.4 Å². The number of nitrogens with zero attached hydrogens (tertiary/aromatic N) is 2. The summed E-state index contributed by atoms with van der Waals surface area (Å²) in [5.41, 5.74) is 4.98. The smallest absolute Gasteiger partial charge is 0.321 e. The van der Waals surface area contributed by atoms with E-state index in [4.69, 9.17) is 0 Å². The molecule has 1 aliphatic heterocycles. The number of carbonyl (C=O) groups excluding carboxylic acids is 2. The third-order valence-electron chi connectivity index (χ3n) is 4.66. The van der Waals surface area contributed by atoms with Gasteiger partial charge in [0, 0.05) is 43.1 Å². The van der Waals surface area contributed by atoms with Gasteiger partial charge in [0.25, 0.3) is 0 Å². The van der Waals surface area contributed by atoms with Crippen LogP contribution in [0.3, 0.4) is 0 Å². The van der Waals surface area contributed by atoms with E-state index in [1.807, 2.05) is 4.90 Å². The number of rotatable bonds is 3. The molecule has 0 saturated carbocycles. The molecular weight excluding hydrogens is 326 g/mol. The van der Waals surface area contributed by atoms with Crippen molar-refractivity contribution >= 4 is 23.2 Å². The number of Topliss-reactive ketones (excluding diaryl/α,β-unsaturated/α-hetero) is 1. The number of amides is 2. The van der Waals surface area contributed by atoms with E-state index in [0.29, 0.717) is 24.3 Å². The van der Waals surface area contributed by atoms with Gasteiger partial charge in [0.15, 0.2) is 5.78 Å². The SMILES string of the molecule is CC(=O)c1cccc(NC(=O)N2CCN(c3cc(C)cc(C)c3)CC2)c1. The van der Waals surface area contributed by atoms with Gasteiger partial charge < -0.3 is 15.1 Å². The molecule has 26 heavy (non-hydrogen) atoms. The van der Waals surface area contributed by atoms with Gasteiger partial charge in [0.1, 0.15) is 0 Å². The number of ketones is 1. The number of anilines is 2. The van der Waals surface area contributed by atoms with Gasteiger partial charge in [-0.3, -0.25) is 4.79 Å². The van der Waals surface area contributed by atoms with E-state index in [0.717, 1.165) is 13.1 Å². The summed E-state index contributed by atoms with van der Waals surface area (Å²) < 4.78 is 0. The maximum atomic E-state index is 12.5. The summed E-state index contributed by atoms with van der Waals surface area (Å²) in [4.78, 5) is 28.1. The summed E-state index contributed by atoms with van der Waals surface area (Å²) in [5.74, 6) is -0.0110. The van der Waals surface area contributed by atoms with Crippen LogP contribution in [-0.2, 0) is 0 Å². The maximum absolute atomic E-state index is 12.5. The zero-order chi connectivity index (χ0) is 18.7. The van der Waals surface area contributed by atoms with E-state index in [1.54, 1.807) is 24.3 Å². The molecule has 0 unspecified atom stereocenters. The zero-order valence-electron chi connectivity index (χ0n) is 15.6. The predicted molar refractivity (Wildman–Crippen MR) is 105 cm³/mol. The Hall–Kier alpha value is -2.82. The van der Waals surface area contributed by atoms with Crippen molar-refractivity contribution in [3.8, 4) is 0 Å². The molecule has 0 radical (unpaired) electrons. The number of urea groups is 1. The standard InChI is InChI=1S/C21H25N3O2/c1-15-11-16(2)13-20(12-15)23-7-9-24(10-8-23)21(26)22-19-6-4-5-18(14-19)17(3)25/h4-6,11-14H,7-10H2,1-3H3,(H,22,26). The quantitative estimate of drug-likeness (QED) is 0.855. The highest BCUT2D eigenvalue weighted by molar-refractivity contribution is 5.96. The van der Waals surface area contributed by atoms with Crippen LogP contribution in [0.15, 0.2) is 42.5 Å². The molecule has 1 fully saturated rings. The van der Waals surface area contributed by atoms with Crippen LogP contribution in [0.4, 0.5) is 16.2 Å². The van der Waals surface area contributed by atoms with Gasteiger partial charge in [-0.1, -0.05) is 18.2 Å². The summed E-state index contributed by atoms with van der Waals surface area (Å²) in [7, 11) is 0. The minimum absolute atomic E-state index is 0.0110. The molecule has 0 atom stereocenters. The van der Waals surface area contributed by atoms with Gasteiger partial charge in [-0.25, -0.2) is 4.79 Å². The van der Waals surface area contributed by atoms with Crippen LogP contribution >= 0.6 is 0 Å². The molecule has 2 amide bonds. The largest absolute Gasteiger partial charge is 0.368 e. The van der Waals surface area contributed by atoms with Crippen LogP contribution in [0.5, 0.6) is 0 Å². The van der Waals surface area contributed by atoms with Crippen LogP contribution in [0.25, 0.3) is 0 Å². The molecule has 1 heterocycles. The molecule has 1 aliphatic rings. The Morgan fingerprint density at radius 3 is 2.19 bits per heavy atom. The lowest BCUT2D eigenvalue weighted by atomic mass is 10.1. The Kier molecular flexibility index (Phi) is 5.26. The van der Waals surface area contributed by atoms with E-state index < -0.39 is 0 Å². The summed E-state index contributed by atoms with van der Waals surface area (Å²) in [6.45, 7) is 8.70. The average molecular weight is 351 g/mol. The lowest BCUT2D eigenvalue weighted by molar-refractivity contribution is 0.101. The fourth-order valence-corrected chi connectivity index (χ4v) is 3.32. The monoisotopic (exact) mass is 351 g/mol. The second kappa shape index (κ2) is 7.60. The zero-order valence-corrected chi connectivity index (χ0v) is 15.6. The van der Waals surface area contributed by atoms with Crippen molar-refractivity contribution in [2.45, 2.75) is 20.8 Å². The van der Waals surface area contributed by atoms with Crippen molar-refractivity contribution in [1.29, 1.82) is 0 Å². The Morgan fingerprint density at radius 1 is 0.923 bits per heavy atom. The molecule has 2 aromatic carbocycles. The number of aryl methyl sites for hydroxylation is 2. The highest BCUT2D eigenvalue weighted by atomic mass is 16.2. The van der Waals surface area contributed by atoms with Gasteiger partial charge in [-0.15, -0.1) is 0 Å². The van der Waals surface area contributed by atoms with E-state index in [-0.39, 0.29) is 11.8 Å². The fourth-order valence-electron chi connectivity index (χ4n) is 3.32. The van der Waals surface area contributed by atoms with Crippen molar-refractivity contribution in [2.75, 3.05) is 36.4 Å². The number of piperazine rings is 1. The molecule has 5 heteroatoms. The van der Waals surface area contributed by atoms with Crippen molar-refractivity contribution in [3.63, 3.8) is 0 Å². The average Bonchev–Trinajstić information content (AvgIpc) is 2.61. The molecule has 3 rings (SSSR count). The highest BCUT2D eigenvalue weighted by Gasteiger charge is 2.21. The highest BCUT2D eigenvalue weighted by Crippen LogP contribution is 2.20. The molecule has 5 nitrogen and oxygen atoms in total. The third-order valence-corrected chi connectivity index (χ3v) is 4.66. The van der Waals surface area contributed by atoms with E-state index in [9.17, 15) is 9.59 Å². The molecular formula is C21H25N3O2. The minimum Gasteiger partial charge on any atom is -0.368 e. The first-order valence-corrected chi connectivity index (χ1v) is 8.92. The third kappa shape index (κ3) is 4.23. The molecule has 136 valence electrons. The normalized spacial score (nSPS) is 14.3. The summed E-state index contributed by atoms with van der Waals surface area (Å²) >= 11 is 0. The Bertz CT molecular complexity index is 804. The van der Waals surface area contributed by atoms with Crippen molar-refractivity contribution in [2.24, 2.45) is 0 Å². The van der Waals surface area contributed by atoms with Gasteiger partial charge in [0.2, 0.25) is 0 Å². The van der Waals surface area contributed by atoms with Gasteiger partial charge >= 0.3 is 6.03 Å². The minimum atomic E-state index is -0.120. The van der Waals surface area contributed by atoms with Gasteiger partial charge in [-0.2, -0.15) is 0 Å². The molecule has 0 aliphatic carbocycles. The molecule has 0 bridgehead atoms. The van der Waals surface area contributed by atoms with Gasteiger partial charge in [0.05, 0.1) is 0 Å². The number of carbonyl (C=O) groups is 2. The first-order valence-electron chi connectivity index (χ1n) is 8.92. The second-order valence-corrected chi connectivity index (χ2v) is 6.89. The maximum Gasteiger partial charge on any atom is 0.321 e. The van der Waals surface area contributed by atoms with Crippen LogP contribution in [0.2, 0.25) is 0 Å². The van der Waals surface area contributed by atoms with E-state index in [2.05, 4.69) is 42.3 Å². The Morgan fingerprint density at radius 2 is 1.58 bits per heavy atom. The van der Waals surface area contributed by atoms with Crippen molar-refractivity contribution in [1.82, 2.24) is 4.90 Å². The topological polar surface area (TPSA) is 52.7 Å². The lowest BCUT2D eigenvalue weighted by Crippen LogP contribution is -2.50.